The van der Waals surface area contributed by atoms with Gasteiger partial charge >= 0.3 is 6.09 Å². The molecule has 2 aromatic rings. The van der Waals surface area contributed by atoms with Crippen molar-refractivity contribution in [3.05, 3.63) is 59.8 Å². The number of amides is 2. The number of rotatable bonds is 8. The van der Waals surface area contributed by atoms with E-state index in [0.717, 1.165) is 30.6 Å². The lowest BCUT2D eigenvalue weighted by Crippen LogP contribution is -2.64. The smallest absolute Gasteiger partial charge is 0.415 e. The van der Waals surface area contributed by atoms with E-state index in [9.17, 15) is 9.59 Å². The van der Waals surface area contributed by atoms with Crippen LogP contribution in [0.15, 0.2) is 43.1 Å². The molecule has 1 aromatic carbocycles. The summed E-state index contributed by atoms with van der Waals surface area (Å²) in [5.74, 6) is 2.40. The molecule has 2 fully saturated rings. The van der Waals surface area contributed by atoms with Crippen molar-refractivity contribution in [1.82, 2.24) is 14.9 Å². The molecule has 1 spiro atoms. The summed E-state index contributed by atoms with van der Waals surface area (Å²) >= 11 is 0. The normalized spacial score (nSPS) is 19.3. The Morgan fingerprint density at radius 3 is 2.69 bits per heavy atom. The average molecular weight is 476 g/mol. The minimum atomic E-state index is -0.372. The van der Waals surface area contributed by atoms with Crippen molar-refractivity contribution in [2.45, 2.75) is 52.2 Å². The molecule has 8 nitrogen and oxygen atoms in total. The lowest BCUT2D eigenvalue weighted by Gasteiger charge is -2.60. The number of nitrogens with one attached hydrogen (secondary N) is 1. The van der Waals surface area contributed by atoms with E-state index in [1.807, 2.05) is 11.8 Å². The molecule has 3 aliphatic rings. The second-order valence-corrected chi connectivity index (χ2v) is 10.0. The number of carbonyl (C=O) groups excluding carboxylic acids is 2. The standard InChI is InChI=1S/C27H33N5O3/c1-4-22(20-11-27(12-20)16-31(17-27)23(33)5-2)19-9-7-18(8-10-19)13-28-25-29-14-21-15-35-26(34)32(6-3)24(21)30-25/h5,7-10,14,20,22H,2,4,6,11-13,15-17H2,1,3H3,(H,28,29,30)/t22-/m1/s1. The van der Waals surface area contributed by atoms with Crippen LogP contribution in [0.2, 0.25) is 0 Å². The van der Waals surface area contributed by atoms with Crippen molar-refractivity contribution in [3.63, 3.8) is 0 Å². The van der Waals surface area contributed by atoms with Crippen molar-refractivity contribution in [1.29, 1.82) is 0 Å². The molecule has 184 valence electrons. The lowest BCUT2D eigenvalue weighted by molar-refractivity contribution is -0.151. The highest BCUT2D eigenvalue weighted by atomic mass is 16.6. The molecule has 0 unspecified atom stereocenters. The van der Waals surface area contributed by atoms with Crippen molar-refractivity contribution in [2.75, 3.05) is 29.9 Å². The average Bonchev–Trinajstić information content (AvgIpc) is 2.83. The Hall–Kier alpha value is -3.42. The molecule has 5 rings (SSSR count). The molecule has 1 atom stereocenters. The van der Waals surface area contributed by atoms with Gasteiger partial charge in [-0.05, 0) is 55.2 Å². The highest BCUT2D eigenvalue weighted by molar-refractivity contribution is 5.89. The molecule has 35 heavy (non-hydrogen) atoms. The molecular weight excluding hydrogens is 442 g/mol. The Morgan fingerprint density at radius 2 is 2.03 bits per heavy atom. The maximum absolute atomic E-state index is 12.0. The first-order valence-corrected chi connectivity index (χ1v) is 12.5. The Morgan fingerprint density at radius 1 is 1.29 bits per heavy atom. The molecule has 0 bridgehead atoms. The van der Waals surface area contributed by atoms with Crippen LogP contribution in [0, 0.1) is 11.3 Å². The number of aromatic nitrogens is 2. The van der Waals surface area contributed by atoms with Gasteiger partial charge in [0.1, 0.15) is 12.4 Å². The Balaban J connectivity index is 1.17. The van der Waals surface area contributed by atoms with Gasteiger partial charge in [-0.2, -0.15) is 4.98 Å². The Labute approximate surface area is 206 Å². The van der Waals surface area contributed by atoms with Gasteiger partial charge in [0.15, 0.2) is 0 Å². The summed E-state index contributed by atoms with van der Waals surface area (Å²) in [5, 5.41) is 3.28. The predicted molar refractivity (Wildman–Crippen MR) is 134 cm³/mol. The van der Waals surface area contributed by atoms with Gasteiger partial charge < -0.3 is 15.0 Å². The summed E-state index contributed by atoms with van der Waals surface area (Å²) in [7, 11) is 0. The quantitative estimate of drug-likeness (QED) is 0.567. The first-order chi connectivity index (χ1) is 16.9. The van der Waals surface area contributed by atoms with E-state index in [2.05, 4.69) is 53.1 Å². The third-order valence-corrected chi connectivity index (χ3v) is 7.78. The molecule has 2 amide bonds. The second kappa shape index (κ2) is 9.32. The SMILES string of the molecule is C=CC(=O)N1CC2(CC([C@H](CC)c3ccc(CNc4ncc5c(n4)N(CC)C(=O)OC5)cc3)C2)C1. The van der Waals surface area contributed by atoms with Crippen LogP contribution in [0.3, 0.4) is 0 Å². The van der Waals surface area contributed by atoms with E-state index in [-0.39, 0.29) is 18.6 Å². The predicted octanol–water partition coefficient (Wildman–Crippen LogP) is 4.48. The molecule has 3 heterocycles. The van der Waals surface area contributed by atoms with E-state index in [0.29, 0.717) is 42.1 Å². The van der Waals surface area contributed by atoms with Crippen LogP contribution in [-0.2, 0) is 22.7 Å². The molecule has 1 aromatic heterocycles. The third kappa shape index (κ3) is 4.37. The van der Waals surface area contributed by atoms with Gasteiger partial charge in [0.05, 0.1) is 5.56 Å². The number of nitrogens with zero attached hydrogens (tertiary/aromatic N) is 4. The van der Waals surface area contributed by atoms with Gasteiger partial charge in [0.2, 0.25) is 11.9 Å². The Bertz CT molecular complexity index is 1120. The fourth-order valence-electron chi connectivity index (χ4n) is 5.95. The summed E-state index contributed by atoms with van der Waals surface area (Å²) in [6, 6.07) is 8.82. The monoisotopic (exact) mass is 475 g/mol. The first-order valence-electron chi connectivity index (χ1n) is 12.5. The fourth-order valence-corrected chi connectivity index (χ4v) is 5.95. The van der Waals surface area contributed by atoms with Gasteiger partial charge in [-0.1, -0.05) is 37.8 Å². The summed E-state index contributed by atoms with van der Waals surface area (Å²) in [5.41, 5.74) is 3.70. The minimum absolute atomic E-state index is 0.0568. The molecular formula is C27H33N5O3. The van der Waals surface area contributed by atoms with Gasteiger partial charge in [-0.25, -0.2) is 9.78 Å². The van der Waals surface area contributed by atoms with E-state index in [1.165, 1.54) is 29.4 Å². The zero-order valence-electron chi connectivity index (χ0n) is 20.5. The number of fused-ring (bicyclic) bond motifs is 1. The van der Waals surface area contributed by atoms with Crippen LogP contribution in [0.1, 0.15) is 55.7 Å². The highest BCUT2D eigenvalue weighted by Crippen LogP contribution is 2.56. The largest absolute Gasteiger partial charge is 0.444 e. The van der Waals surface area contributed by atoms with Crippen LogP contribution in [0.25, 0.3) is 0 Å². The van der Waals surface area contributed by atoms with Gasteiger partial charge in [0, 0.05) is 37.8 Å². The van der Waals surface area contributed by atoms with E-state index in [4.69, 9.17) is 4.74 Å². The van der Waals surface area contributed by atoms with Gasteiger partial charge in [0.25, 0.3) is 0 Å². The van der Waals surface area contributed by atoms with Gasteiger partial charge in [-0.15, -0.1) is 0 Å². The molecule has 2 aliphatic heterocycles. The van der Waals surface area contributed by atoms with Crippen LogP contribution in [-0.4, -0.2) is 46.5 Å². The maximum Gasteiger partial charge on any atom is 0.415 e. The Kier molecular flexibility index (Phi) is 6.21. The fraction of sp³-hybridized carbons (Fsp3) is 0.481. The number of hydrogen-bond acceptors (Lipinski definition) is 6. The summed E-state index contributed by atoms with van der Waals surface area (Å²) < 4.78 is 5.15. The molecule has 1 saturated carbocycles. The number of likely N-dealkylation sites (tertiary alicyclic amines) is 1. The van der Waals surface area contributed by atoms with Gasteiger partial charge in [-0.3, -0.25) is 9.69 Å². The van der Waals surface area contributed by atoms with Crippen LogP contribution in [0.5, 0.6) is 0 Å². The zero-order valence-corrected chi connectivity index (χ0v) is 20.5. The van der Waals surface area contributed by atoms with Crippen LogP contribution >= 0.6 is 0 Å². The van der Waals surface area contributed by atoms with Crippen molar-refractivity contribution in [3.8, 4) is 0 Å². The summed E-state index contributed by atoms with van der Waals surface area (Å²) in [6.07, 6.45) is 6.29. The second-order valence-electron chi connectivity index (χ2n) is 10.0. The molecule has 1 saturated heterocycles. The lowest BCUT2D eigenvalue weighted by atomic mass is 9.53. The minimum Gasteiger partial charge on any atom is -0.444 e. The summed E-state index contributed by atoms with van der Waals surface area (Å²) in [4.78, 5) is 36.1. The topological polar surface area (TPSA) is 87.7 Å². The molecule has 0 radical (unpaired) electrons. The van der Waals surface area contributed by atoms with Crippen molar-refractivity contribution >= 4 is 23.8 Å². The number of carbonyl (C=O) groups is 2. The number of anilines is 2. The number of cyclic esters (lactones) is 1. The number of benzene rings is 1. The number of hydrogen-bond donors (Lipinski definition) is 1. The molecule has 1 N–H and O–H groups in total. The zero-order chi connectivity index (χ0) is 24.6. The van der Waals surface area contributed by atoms with E-state index < -0.39 is 0 Å². The van der Waals surface area contributed by atoms with Crippen LogP contribution in [0.4, 0.5) is 16.6 Å². The summed E-state index contributed by atoms with van der Waals surface area (Å²) in [6.45, 7) is 10.8. The highest BCUT2D eigenvalue weighted by Gasteiger charge is 2.54. The number of ether oxygens (including phenoxy) is 1. The third-order valence-electron chi connectivity index (χ3n) is 7.78. The molecule has 1 aliphatic carbocycles. The molecule has 8 heteroatoms. The van der Waals surface area contributed by atoms with Crippen molar-refractivity contribution < 1.29 is 14.3 Å². The first kappa shape index (κ1) is 23.3. The van der Waals surface area contributed by atoms with Crippen molar-refractivity contribution in [2.24, 2.45) is 11.3 Å². The van der Waals surface area contributed by atoms with E-state index >= 15 is 0 Å². The van der Waals surface area contributed by atoms with Crippen LogP contribution < -0.4 is 10.2 Å². The maximum atomic E-state index is 12.0. The van der Waals surface area contributed by atoms with E-state index in [1.54, 1.807) is 6.20 Å².